The smallest absolute Gasteiger partial charge is 0.310 e. The molecule has 0 saturated carbocycles. The third kappa shape index (κ3) is 5.06. The molecule has 38 heavy (non-hydrogen) atoms. The second kappa shape index (κ2) is 12.1. The van der Waals surface area contributed by atoms with Crippen LogP contribution in [0.4, 0.5) is 5.69 Å². The lowest BCUT2D eigenvalue weighted by Gasteiger charge is -2.38. The van der Waals surface area contributed by atoms with E-state index < -0.39 is 22.6 Å². The van der Waals surface area contributed by atoms with Gasteiger partial charge in [0, 0.05) is 35.5 Å². The van der Waals surface area contributed by atoms with Crippen molar-refractivity contribution in [3.8, 4) is 0 Å². The first-order chi connectivity index (χ1) is 18.2. The molecule has 1 aromatic carbocycles. The predicted molar refractivity (Wildman–Crippen MR) is 155 cm³/mol. The highest BCUT2D eigenvalue weighted by atomic mass is 79.9. The zero-order valence-electron chi connectivity index (χ0n) is 22.5. The monoisotopic (exact) mass is 606 g/mol. The van der Waals surface area contributed by atoms with Crippen LogP contribution in [0.5, 0.6) is 0 Å². The number of hydrogen-bond acceptors (Lipinski definition) is 6. The SMILES string of the molecule is C=CCN(C(=O)C1N(CCCCCCO)C(=O)[C@@H]2[C@H](C(=O)OCC)[C@H]3SC12CC3Br)c1cc(C)ccc1C. The molecule has 0 aliphatic carbocycles. The average Bonchev–Trinajstić information content (AvgIpc) is 3.47. The number of rotatable bonds is 12. The van der Waals surface area contributed by atoms with Gasteiger partial charge in [0.05, 0.1) is 23.2 Å². The number of hydrogen-bond donors (Lipinski definition) is 1. The van der Waals surface area contributed by atoms with Gasteiger partial charge in [-0.15, -0.1) is 18.3 Å². The summed E-state index contributed by atoms with van der Waals surface area (Å²) in [5.74, 6) is -1.74. The summed E-state index contributed by atoms with van der Waals surface area (Å²) in [6.07, 6.45) is 5.53. The van der Waals surface area contributed by atoms with Gasteiger partial charge in [-0.25, -0.2) is 0 Å². The molecule has 3 aliphatic rings. The van der Waals surface area contributed by atoms with Gasteiger partial charge in [-0.05, 0) is 57.2 Å². The van der Waals surface area contributed by atoms with Crippen LogP contribution in [0.25, 0.3) is 0 Å². The van der Waals surface area contributed by atoms with Gasteiger partial charge in [0.2, 0.25) is 5.91 Å². The number of alkyl halides is 1. The van der Waals surface area contributed by atoms with E-state index in [-0.39, 0.29) is 41.1 Å². The number of benzene rings is 1. The van der Waals surface area contributed by atoms with E-state index in [1.165, 1.54) is 0 Å². The molecule has 4 rings (SSSR count). The Morgan fingerprint density at radius 1 is 1.29 bits per heavy atom. The fourth-order valence-corrected chi connectivity index (χ4v) is 10.1. The van der Waals surface area contributed by atoms with Crippen molar-refractivity contribution >= 4 is 51.2 Å². The molecule has 208 valence electrons. The van der Waals surface area contributed by atoms with Crippen molar-refractivity contribution in [3.63, 3.8) is 0 Å². The highest BCUT2D eigenvalue weighted by Crippen LogP contribution is 2.68. The summed E-state index contributed by atoms with van der Waals surface area (Å²) in [6, 6.07) is 5.35. The van der Waals surface area contributed by atoms with Crippen LogP contribution in [-0.2, 0) is 19.1 Å². The van der Waals surface area contributed by atoms with E-state index in [1.54, 1.807) is 34.6 Å². The van der Waals surface area contributed by atoms with Crippen molar-refractivity contribution in [1.82, 2.24) is 4.90 Å². The van der Waals surface area contributed by atoms with Crippen molar-refractivity contribution in [2.75, 3.05) is 31.2 Å². The fourth-order valence-electron chi connectivity index (χ4n) is 6.50. The number of likely N-dealkylation sites (tertiary alicyclic amines) is 1. The number of nitrogens with zero attached hydrogens (tertiary/aromatic N) is 2. The highest BCUT2D eigenvalue weighted by Gasteiger charge is 2.76. The number of aliphatic hydroxyl groups excluding tert-OH is 1. The molecular formula is C29H39BrN2O5S. The van der Waals surface area contributed by atoms with Gasteiger partial charge < -0.3 is 19.6 Å². The second-order valence-corrected chi connectivity index (χ2v) is 13.3. The summed E-state index contributed by atoms with van der Waals surface area (Å²) in [6.45, 7) is 10.8. The number of carbonyl (C=O) groups excluding carboxylic acids is 3. The quantitative estimate of drug-likeness (QED) is 0.164. The summed E-state index contributed by atoms with van der Waals surface area (Å²) < 4.78 is 4.74. The third-order valence-electron chi connectivity index (χ3n) is 8.12. The van der Waals surface area contributed by atoms with Gasteiger partial charge in [-0.3, -0.25) is 14.4 Å². The molecule has 1 N–H and O–H groups in total. The van der Waals surface area contributed by atoms with E-state index in [1.807, 2.05) is 32.0 Å². The molecule has 3 fully saturated rings. The minimum absolute atomic E-state index is 0.0133. The Kier molecular flexibility index (Phi) is 9.30. The minimum atomic E-state index is -0.702. The van der Waals surface area contributed by atoms with Gasteiger partial charge in [0.15, 0.2) is 0 Å². The van der Waals surface area contributed by atoms with Crippen LogP contribution in [0.3, 0.4) is 0 Å². The number of aryl methyl sites for hydroxylation is 2. The molecule has 2 amide bonds. The van der Waals surface area contributed by atoms with Crippen molar-refractivity contribution < 1.29 is 24.2 Å². The van der Waals surface area contributed by atoms with E-state index >= 15 is 0 Å². The summed E-state index contributed by atoms with van der Waals surface area (Å²) in [5.41, 5.74) is 2.84. The number of amides is 2. The maximum atomic E-state index is 14.6. The van der Waals surface area contributed by atoms with E-state index in [0.29, 0.717) is 19.5 Å². The lowest BCUT2D eigenvalue weighted by atomic mass is 9.71. The molecule has 7 nitrogen and oxygen atoms in total. The lowest BCUT2D eigenvalue weighted by molar-refractivity contribution is -0.153. The molecule has 2 bridgehead atoms. The van der Waals surface area contributed by atoms with Gasteiger partial charge in [-0.1, -0.05) is 47.0 Å². The highest BCUT2D eigenvalue weighted by molar-refractivity contribution is 9.09. The number of unbranched alkanes of at least 4 members (excludes halogenated alkanes) is 3. The Bertz CT molecular complexity index is 1080. The Labute approximate surface area is 238 Å². The Hall–Kier alpha value is -1.84. The van der Waals surface area contributed by atoms with Crippen molar-refractivity contribution in [2.45, 2.75) is 73.7 Å². The van der Waals surface area contributed by atoms with Gasteiger partial charge >= 0.3 is 5.97 Å². The van der Waals surface area contributed by atoms with Crippen LogP contribution in [0.2, 0.25) is 0 Å². The topological polar surface area (TPSA) is 87.2 Å². The maximum Gasteiger partial charge on any atom is 0.310 e. The summed E-state index contributed by atoms with van der Waals surface area (Å²) >= 11 is 5.43. The fraction of sp³-hybridized carbons (Fsp3) is 0.621. The maximum absolute atomic E-state index is 14.6. The molecule has 1 spiro atoms. The van der Waals surface area contributed by atoms with Crippen LogP contribution >= 0.6 is 27.7 Å². The molecule has 0 radical (unpaired) electrons. The van der Waals surface area contributed by atoms with Gasteiger partial charge in [0.25, 0.3) is 5.91 Å². The number of halogens is 1. The van der Waals surface area contributed by atoms with E-state index in [4.69, 9.17) is 9.84 Å². The van der Waals surface area contributed by atoms with Crippen LogP contribution in [0.1, 0.15) is 50.2 Å². The van der Waals surface area contributed by atoms with Crippen LogP contribution < -0.4 is 4.90 Å². The Balaban J connectivity index is 1.75. The number of carbonyl (C=O) groups is 3. The number of esters is 1. The second-order valence-electron chi connectivity index (χ2n) is 10.6. The first kappa shape index (κ1) is 29.2. The van der Waals surface area contributed by atoms with Crippen LogP contribution in [-0.4, -0.2) is 75.0 Å². The van der Waals surface area contributed by atoms with Gasteiger partial charge in [-0.2, -0.15) is 0 Å². The zero-order chi connectivity index (χ0) is 27.6. The number of aliphatic hydroxyl groups is 1. The molecule has 6 atom stereocenters. The molecule has 3 heterocycles. The Morgan fingerprint density at radius 2 is 2.03 bits per heavy atom. The number of ether oxygens (including phenoxy) is 1. The first-order valence-corrected chi connectivity index (χ1v) is 15.4. The largest absolute Gasteiger partial charge is 0.466 e. The van der Waals surface area contributed by atoms with E-state index in [9.17, 15) is 14.4 Å². The summed E-state index contributed by atoms with van der Waals surface area (Å²) in [5, 5.41) is 9.04. The molecule has 3 saturated heterocycles. The standard InChI is InChI=1S/C29H39BrN2O5S/c1-5-13-31(21-16-18(3)11-12-19(21)4)27(35)25-29-17-20(30)24(38-29)22(28(36)37-6-2)23(29)26(34)32(25)14-9-7-8-10-15-33/h5,11-12,16,20,22-25,33H,1,6-10,13-15,17H2,2-4H3/t20?,22-,23-,24-,25?,29?/m0/s1. The number of anilines is 1. The first-order valence-electron chi connectivity index (χ1n) is 13.6. The van der Waals surface area contributed by atoms with Crippen molar-refractivity contribution in [3.05, 3.63) is 42.0 Å². The molecular weight excluding hydrogens is 568 g/mol. The Morgan fingerprint density at radius 3 is 2.71 bits per heavy atom. The number of thioether (sulfide) groups is 1. The van der Waals surface area contributed by atoms with E-state index in [2.05, 4.69) is 22.5 Å². The van der Waals surface area contributed by atoms with Gasteiger partial charge in [0.1, 0.15) is 6.04 Å². The van der Waals surface area contributed by atoms with Crippen molar-refractivity contribution in [2.24, 2.45) is 11.8 Å². The molecule has 0 aromatic heterocycles. The van der Waals surface area contributed by atoms with Crippen LogP contribution in [0.15, 0.2) is 30.9 Å². The lowest BCUT2D eigenvalue weighted by Crippen LogP contribution is -2.55. The zero-order valence-corrected chi connectivity index (χ0v) is 24.9. The average molecular weight is 608 g/mol. The van der Waals surface area contributed by atoms with E-state index in [0.717, 1.165) is 42.5 Å². The van der Waals surface area contributed by atoms with Crippen LogP contribution in [0, 0.1) is 25.7 Å². The molecule has 1 aromatic rings. The number of fused-ring (bicyclic) bond motifs is 1. The molecule has 3 unspecified atom stereocenters. The summed E-state index contributed by atoms with van der Waals surface area (Å²) in [7, 11) is 0. The molecule has 3 aliphatic heterocycles. The molecule has 9 heteroatoms. The minimum Gasteiger partial charge on any atom is -0.466 e. The summed E-state index contributed by atoms with van der Waals surface area (Å²) in [4.78, 5) is 45.5. The van der Waals surface area contributed by atoms with Crippen molar-refractivity contribution in [1.29, 1.82) is 0 Å². The normalized spacial score (nSPS) is 29.4. The predicted octanol–water partition coefficient (Wildman–Crippen LogP) is 4.40. The third-order valence-corrected chi connectivity index (χ3v) is 11.3.